The van der Waals surface area contributed by atoms with Crippen molar-refractivity contribution < 1.29 is 8.83 Å². The summed E-state index contributed by atoms with van der Waals surface area (Å²) in [5.74, 6) is 1.42. The van der Waals surface area contributed by atoms with E-state index in [0.29, 0.717) is 5.84 Å². The lowest BCUT2D eigenvalue weighted by Gasteiger charge is -2.24. The molecule has 5 heteroatoms. The summed E-state index contributed by atoms with van der Waals surface area (Å²) in [6.07, 6.45) is -0.373. The van der Waals surface area contributed by atoms with Gasteiger partial charge in [-0.15, -0.1) is 0 Å². The van der Waals surface area contributed by atoms with Crippen molar-refractivity contribution in [2.24, 2.45) is 9.98 Å². The van der Waals surface area contributed by atoms with Gasteiger partial charge in [0.1, 0.15) is 34.3 Å². The number of rotatable bonds is 4. The first-order valence-corrected chi connectivity index (χ1v) is 17.5. The Labute approximate surface area is 298 Å². The molecule has 0 saturated heterocycles. The molecule has 0 bridgehead atoms. The average molecular weight is 668 g/mol. The Morgan fingerprint density at radius 3 is 2.08 bits per heavy atom. The second-order valence-electron chi connectivity index (χ2n) is 13.4. The minimum Gasteiger partial charge on any atom is -0.456 e. The van der Waals surface area contributed by atoms with Crippen LogP contribution in [0, 0.1) is 0 Å². The van der Waals surface area contributed by atoms with Gasteiger partial charge in [-0.25, -0.2) is 9.98 Å². The molecule has 0 aliphatic carbocycles. The number of fused-ring (bicyclic) bond motifs is 9. The van der Waals surface area contributed by atoms with Crippen molar-refractivity contribution in [3.8, 4) is 11.1 Å². The fourth-order valence-electron chi connectivity index (χ4n) is 7.87. The van der Waals surface area contributed by atoms with Crippen molar-refractivity contribution in [1.82, 2.24) is 5.32 Å². The molecule has 5 nitrogen and oxygen atoms in total. The van der Waals surface area contributed by atoms with Gasteiger partial charge in [0.2, 0.25) is 0 Å². The van der Waals surface area contributed by atoms with Crippen LogP contribution in [0.3, 0.4) is 0 Å². The molecule has 0 fully saturated rings. The molecule has 0 amide bonds. The lowest BCUT2D eigenvalue weighted by atomic mass is 9.93. The molecule has 1 N–H and O–H groups in total. The highest BCUT2D eigenvalue weighted by Crippen LogP contribution is 2.39. The van der Waals surface area contributed by atoms with E-state index in [2.05, 4.69) is 115 Å². The Bertz CT molecular complexity index is 3110. The van der Waals surface area contributed by atoms with Crippen LogP contribution in [0.15, 0.2) is 183 Å². The predicted octanol–water partition coefficient (Wildman–Crippen LogP) is 12.0. The molecular weight excluding hydrogens is 639 g/mol. The largest absolute Gasteiger partial charge is 0.456 e. The number of hydrogen-bond donors (Lipinski definition) is 1. The molecule has 0 saturated carbocycles. The van der Waals surface area contributed by atoms with Crippen LogP contribution >= 0.6 is 0 Å². The zero-order valence-corrected chi connectivity index (χ0v) is 27.9. The van der Waals surface area contributed by atoms with Crippen LogP contribution in [0.5, 0.6) is 0 Å². The molecular formula is C47H29N3O2. The third-order valence-electron chi connectivity index (χ3n) is 10.3. The van der Waals surface area contributed by atoms with Crippen molar-refractivity contribution in [3.05, 3.63) is 180 Å². The maximum Gasteiger partial charge on any atom is 0.160 e. The first-order valence-electron chi connectivity index (χ1n) is 17.5. The van der Waals surface area contributed by atoms with Gasteiger partial charge in [-0.1, -0.05) is 121 Å². The summed E-state index contributed by atoms with van der Waals surface area (Å²) in [5, 5.41) is 12.7. The van der Waals surface area contributed by atoms with Gasteiger partial charge in [-0.3, -0.25) is 0 Å². The van der Waals surface area contributed by atoms with E-state index in [1.54, 1.807) is 0 Å². The Morgan fingerprint density at radius 1 is 0.442 bits per heavy atom. The zero-order chi connectivity index (χ0) is 34.2. The van der Waals surface area contributed by atoms with Crippen LogP contribution in [0.25, 0.3) is 76.5 Å². The van der Waals surface area contributed by atoms with Gasteiger partial charge in [0.25, 0.3) is 0 Å². The van der Waals surface area contributed by atoms with Crippen LogP contribution in [0.2, 0.25) is 0 Å². The van der Waals surface area contributed by atoms with Crippen LogP contribution in [-0.4, -0.2) is 11.7 Å². The minimum absolute atomic E-state index is 0.373. The lowest BCUT2D eigenvalue weighted by molar-refractivity contribution is 0.663. The molecule has 8 aromatic carbocycles. The molecule has 52 heavy (non-hydrogen) atoms. The van der Waals surface area contributed by atoms with E-state index < -0.39 is 0 Å². The third-order valence-corrected chi connectivity index (χ3v) is 10.3. The Balaban J connectivity index is 1.08. The number of benzene rings is 8. The smallest absolute Gasteiger partial charge is 0.160 e. The predicted molar refractivity (Wildman–Crippen MR) is 213 cm³/mol. The number of nitrogens with zero attached hydrogens (tertiary/aromatic N) is 2. The van der Waals surface area contributed by atoms with Crippen LogP contribution in [0.4, 0.5) is 0 Å². The summed E-state index contributed by atoms with van der Waals surface area (Å²) in [6.45, 7) is 0. The van der Waals surface area contributed by atoms with Gasteiger partial charge < -0.3 is 14.2 Å². The van der Waals surface area contributed by atoms with Crippen LogP contribution in [0.1, 0.15) is 22.9 Å². The van der Waals surface area contributed by atoms with Gasteiger partial charge in [0.05, 0.1) is 0 Å². The Hall–Kier alpha value is -6.98. The van der Waals surface area contributed by atoms with E-state index in [9.17, 15) is 0 Å². The third kappa shape index (κ3) is 4.49. The molecule has 2 aromatic heterocycles. The molecule has 10 aromatic rings. The van der Waals surface area contributed by atoms with E-state index in [0.717, 1.165) is 72.0 Å². The first kappa shape index (κ1) is 28.8. The number of para-hydroxylation sites is 1. The van der Waals surface area contributed by atoms with Gasteiger partial charge >= 0.3 is 0 Å². The summed E-state index contributed by atoms with van der Waals surface area (Å²) in [6, 6.07) is 56.9. The molecule has 11 rings (SSSR count). The minimum atomic E-state index is -0.373. The van der Waals surface area contributed by atoms with Crippen molar-refractivity contribution >= 4 is 77.1 Å². The van der Waals surface area contributed by atoms with E-state index in [-0.39, 0.29) is 6.17 Å². The van der Waals surface area contributed by atoms with Crippen molar-refractivity contribution in [3.63, 3.8) is 0 Å². The van der Waals surface area contributed by atoms with E-state index in [4.69, 9.17) is 18.8 Å². The van der Waals surface area contributed by atoms with Gasteiger partial charge in [0, 0.05) is 32.7 Å². The quantitative estimate of drug-likeness (QED) is 0.190. The van der Waals surface area contributed by atoms with Crippen molar-refractivity contribution in [2.75, 3.05) is 0 Å². The van der Waals surface area contributed by atoms with Crippen LogP contribution in [-0.2, 0) is 0 Å². The summed E-state index contributed by atoms with van der Waals surface area (Å²) in [4.78, 5) is 10.4. The van der Waals surface area contributed by atoms with E-state index in [1.807, 2.05) is 54.6 Å². The second kappa shape index (κ2) is 11.3. The summed E-state index contributed by atoms with van der Waals surface area (Å²) in [5.41, 5.74) is 8.59. The highest BCUT2D eigenvalue weighted by atomic mass is 16.3. The number of aliphatic imine (C=N–C) groups is 2. The summed E-state index contributed by atoms with van der Waals surface area (Å²) < 4.78 is 12.8. The van der Waals surface area contributed by atoms with E-state index in [1.165, 1.54) is 27.1 Å². The molecule has 0 spiro atoms. The zero-order valence-electron chi connectivity index (χ0n) is 27.9. The molecule has 1 atom stereocenters. The Kier molecular flexibility index (Phi) is 6.25. The number of amidine groups is 2. The number of nitrogens with one attached hydrogen (secondary N) is 1. The van der Waals surface area contributed by atoms with Crippen molar-refractivity contribution in [2.45, 2.75) is 6.17 Å². The normalized spacial score (nSPS) is 14.7. The average Bonchev–Trinajstić information content (AvgIpc) is 3.78. The molecule has 244 valence electrons. The molecule has 3 heterocycles. The maximum absolute atomic E-state index is 6.62. The highest BCUT2D eigenvalue weighted by molar-refractivity contribution is 6.22. The summed E-state index contributed by atoms with van der Waals surface area (Å²) >= 11 is 0. The van der Waals surface area contributed by atoms with Gasteiger partial charge in [0.15, 0.2) is 5.84 Å². The standard InChI is InChI=1S/C47H29N3O2/c1-2-11-28(12-3-1)45-48-46(31-22-24-41-39(26-31)35-17-8-9-19-40(35)51-41)50-47(49-45)37-18-10-20-42-44(37)36-23-21-30(27-43(36)52-42)38-25-29-13-4-5-14-32(29)33-15-6-7-16-34(33)38/h1-27,46H,(H,48,49,50). The monoisotopic (exact) mass is 667 g/mol. The van der Waals surface area contributed by atoms with Gasteiger partial charge in [-0.05, 0) is 80.7 Å². The van der Waals surface area contributed by atoms with E-state index >= 15 is 0 Å². The molecule has 1 aliphatic heterocycles. The second-order valence-corrected chi connectivity index (χ2v) is 13.4. The molecule has 0 radical (unpaired) electrons. The highest BCUT2D eigenvalue weighted by Gasteiger charge is 2.24. The fraction of sp³-hybridized carbons (Fsp3) is 0.0213. The van der Waals surface area contributed by atoms with Crippen molar-refractivity contribution in [1.29, 1.82) is 0 Å². The first-order chi connectivity index (χ1) is 25.7. The number of furan rings is 2. The maximum atomic E-state index is 6.62. The fourth-order valence-corrected chi connectivity index (χ4v) is 7.87. The number of hydrogen-bond acceptors (Lipinski definition) is 5. The molecule has 1 aliphatic rings. The topological polar surface area (TPSA) is 63.0 Å². The van der Waals surface area contributed by atoms with Crippen LogP contribution < -0.4 is 5.32 Å². The summed E-state index contributed by atoms with van der Waals surface area (Å²) in [7, 11) is 0. The van der Waals surface area contributed by atoms with Gasteiger partial charge in [-0.2, -0.15) is 0 Å². The SMILES string of the molecule is c1ccc(C2=NC(c3cccc4oc5cc(-c6cc7ccccc7c7ccccc67)ccc5c34)=NC(c3ccc4oc5ccccc5c4c3)N2)cc1. The Morgan fingerprint density at radius 2 is 1.17 bits per heavy atom. The lowest BCUT2D eigenvalue weighted by Crippen LogP contribution is -2.33. The molecule has 1 unspecified atom stereocenters.